The average Bonchev–Trinajstić information content (AvgIpc) is 2.29. The maximum atomic E-state index is 11.1. The predicted molar refractivity (Wildman–Crippen MR) is 63.5 cm³/mol. The van der Waals surface area contributed by atoms with Gasteiger partial charge in [-0.05, 0) is 26.8 Å². The van der Waals surface area contributed by atoms with Gasteiger partial charge in [0.05, 0.1) is 5.25 Å². The van der Waals surface area contributed by atoms with E-state index in [1.165, 1.54) is 0 Å². The second kappa shape index (κ2) is 4.97. The van der Waals surface area contributed by atoms with Gasteiger partial charge < -0.3 is 10.6 Å². The van der Waals surface area contributed by atoms with Gasteiger partial charge in [-0.3, -0.25) is 0 Å². The van der Waals surface area contributed by atoms with E-state index in [9.17, 15) is 8.42 Å². The van der Waals surface area contributed by atoms with E-state index in [1.54, 1.807) is 0 Å². The second-order valence-corrected chi connectivity index (χ2v) is 6.57. The van der Waals surface area contributed by atoms with Crippen LogP contribution in [0.3, 0.4) is 0 Å². The molecule has 1 aliphatic heterocycles. The van der Waals surface area contributed by atoms with Crippen LogP contribution in [0.4, 0.5) is 0 Å². The Balaban J connectivity index is 0.00000196. The number of nitrogens with zero attached hydrogens (tertiary/aromatic N) is 1. The Kier molecular flexibility index (Phi) is 5.01. The number of sulfonamides is 1. The number of halogens is 1. The van der Waals surface area contributed by atoms with Crippen LogP contribution in [0.1, 0.15) is 20.3 Å². The maximum absolute atomic E-state index is 11.1. The topological polar surface area (TPSA) is 89.4 Å². The van der Waals surface area contributed by atoms with Gasteiger partial charge in [0.1, 0.15) is 0 Å². The van der Waals surface area contributed by atoms with Crippen molar-refractivity contribution in [2.75, 3.05) is 19.6 Å². The van der Waals surface area contributed by atoms with Crippen LogP contribution in [0, 0.1) is 0 Å². The summed E-state index contributed by atoms with van der Waals surface area (Å²) in [4.78, 5) is 2.05. The van der Waals surface area contributed by atoms with Crippen LogP contribution in [-0.4, -0.2) is 43.7 Å². The van der Waals surface area contributed by atoms with Gasteiger partial charge in [0, 0.05) is 18.6 Å². The Morgan fingerprint density at radius 3 is 2.33 bits per heavy atom. The van der Waals surface area contributed by atoms with Crippen LogP contribution in [0.2, 0.25) is 0 Å². The fraction of sp³-hybridized carbons (Fsp3) is 1.00. The molecule has 1 heterocycles. The summed E-state index contributed by atoms with van der Waals surface area (Å²) in [7, 11) is -3.37. The van der Waals surface area contributed by atoms with E-state index in [0.29, 0.717) is 19.5 Å². The third kappa shape index (κ3) is 5.12. The monoisotopic (exact) mass is 257 g/mol. The highest BCUT2D eigenvalue weighted by Gasteiger charge is 2.32. The number of nitrogens with two attached hydrogens (primary N) is 2. The summed E-state index contributed by atoms with van der Waals surface area (Å²) >= 11 is 0. The van der Waals surface area contributed by atoms with Gasteiger partial charge in [0.2, 0.25) is 10.0 Å². The Labute approximate surface area is 97.6 Å². The molecule has 92 valence electrons. The number of hydrogen-bond donors (Lipinski definition) is 2. The zero-order valence-corrected chi connectivity index (χ0v) is 10.8. The van der Waals surface area contributed by atoms with E-state index >= 15 is 0 Å². The molecule has 0 amide bonds. The third-order valence-electron chi connectivity index (χ3n) is 2.32. The third-order valence-corrected chi connectivity index (χ3v) is 3.64. The molecule has 1 fully saturated rings. The Morgan fingerprint density at radius 1 is 1.47 bits per heavy atom. The van der Waals surface area contributed by atoms with Gasteiger partial charge in [-0.25, -0.2) is 13.6 Å². The molecule has 0 aromatic carbocycles. The van der Waals surface area contributed by atoms with Gasteiger partial charge in [0.15, 0.2) is 0 Å². The van der Waals surface area contributed by atoms with Crippen LogP contribution in [-0.2, 0) is 10.0 Å². The summed E-state index contributed by atoms with van der Waals surface area (Å²) in [6.07, 6.45) is 0.620. The molecule has 0 saturated carbocycles. The van der Waals surface area contributed by atoms with Crippen molar-refractivity contribution >= 4 is 22.4 Å². The van der Waals surface area contributed by atoms with Crippen molar-refractivity contribution in [2.45, 2.75) is 31.1 Å². The Bertz CT molecular complexity index is 299. The van der Waals surface area contributed by atoms with Crippen molar-refractivity contribution in [3.8, 4) is 0 Å². The highest BCUT2D eigenvalue weighted by Crippen LogP contribution is 2.16. The highest BCUT2D eigenvalue weighted by atomic mass is 35.5. The minimum absolute atomic E-state index is 0. The lowest BCUT2D eigenvalue weighted by Crippen LogP contribution is -2.45. The summed E-state index contributed by atoms with van der Waals surface area (Å²) in [6, 6.07) is 0. The molecule has 0 aliphatic carbocycles. The number of hydrogen-bond acceptors (Lipinski definition) is 4. The van der Waals surface area contributed by atoms with Gasteiger partial charge in [-0.1, -0.05) is 0 Å². The fourth-order valence-electron chi connectivity index (χ4n) is 1.79. The summed E-state index contributed by atoms with van der Waals surface area (Å²) in [6.45, 7) is 5.84. The molecule has 1 atom stereocenters. The normalized spacial score (nSPS) is 23.9. The molecular formula is C8H20ClN3O2S. The molecule has 1 unspecified atom stereocenters. The van der Waals surface area contributed by atoms with E-state index in [-0.39, 0.29) is 17.9 Å². The quantitative estimate of drug-likeness (QED) is 0.714. The zero-order chi connectivity index (χ0) is 11.0. The van der Waals surface area contributed by atoms with Gasteiger partial charge >= 0.3 is 0 Å². The van der Waals surface area contributed by atoms with E-state index in [4.69, 9.17) is 10.9 Å². The fourth-order valence-corrected chi connectivity index (χ4v) is 2.64. The molecule has 7 heteroatoms. The van der Waals surface area contributed by atoms with Crippen LogP contribution in [0.15, 0.2) is 0 Å². The average molecular weight is 258 g/mol. The van der Waals surface area contributed by atoms with Crippen LogP contribution >= 0.6 is 12.4 Å². The minimum atomic E-state index is -3.37. The summed E-state index contributed by atoms with van der Waals surface area (Å²) in [5.74, 6) is 0. The van der Waals surface area contributed by atoms with Gasteiger partial charge in [0.25, 0.3) is 0 Å². The van der Waals surface area contributed by atoms with Crippen molar-refractivity contribution < 1.29 is 8.42 Å². The van der Waals surface area contributed by atoms with E-state index < -0.39 is 15.3 Å². The van der Waals surface area contributed by atoms with Crippen molar-refractivity contribution in [3.63, 3.8) is 0 Å². The molecule has 1 rings (SSSR count). The van der Waals surface area contributed by atoms with E-state index in [1.807, 2.05) is 13.8 Å². The minimum Gasteiger partial charge on any atom is -0.324 e. The molecule has 0 spiro atoms. The van der Waals surface area contributed by atoms with Gasteiger partial charge in [-0.15, -0.1) is 12.4 Å². The molecule has 15 heavy (non-hydrogen) atoms. The smallest absolute Gasteiger partial charge is 0.213 e. The molecule has 0 aromatic heterocycles. The lowest BCUT2D eigenvalue weighted by molar-refractivity contribution is 0.272. The first-order valence-corrected chi connectivity index (χ1v) is 6.32. The van der Waals surface area contributed by atoms with E-state index in [0.717, 1.165) is 6.54 Å². The first-order chi connectivity index (χ1) is 6.18. The molecule has 0 radical (unpaired) electrons. The lowest BCUT2D eigenvalue weighted by atomic mass is 10.1. The largest absolute Gasteiger partial charge is 0.324 e. The Morgan fingerprint density at radius 2 is 2.00 bits per heavy atom. The Hall–Kier alpha value is 0.120. The van der Waals surface area contributed by atoms with Crippen molar-refractivity contribution in [3.05, 3.63) is 0 Å². The summed E-state index contributed by atoms with van der Waals surface area (Å²) in [5, 5.41) is 4.67. The molecule has 5 nitrogen and oxygen atoms in total. The predicted octanol–water partition coefficient (Wildman–Crippen LogP) is -0.492. The van der Waals surface area contributed by atoms with Crippen LogP contribution < -0.4 is 10.9 Å². The van der Waals surface area contributed by atoms with Crippen molar-refractivity contribution in [2.24, 2.45) is 10.9 Å². The van der Waals surface area contributed by atoms with Crippen molar-refractivity contribution in [1.29, 1.82) is 0 Å². The second-order valence-electron chi connectivity index (χ2n) is 4.72. The zero-order valence-electron chi connectivity index (χ0n) is 9.14. The molecule has 0 bridgehead atoms. The SMILES string of the molecule is CC(C)(N)CN1CCC(S(N)(=O)=O)C1.Cl. The first kappa shape index (κ1) is 15.1. The molecule has 1 aliphatic rings. The molecule has 1 saturated heterocycles. The summed E-state index contributed by atoms with van der Waals surface area (Å²) in [5.41, 5.74) is 5.56. The van der Waals surface area contributed by atoms with Crippen molar-refractivity contribution in [1.82, 2.24) is 4.90 Å². The maximum Gasteiger partial charge on any atom is 0.213 e. The van der Waals surface area contributed by atoms with Crippen LogP contribution in [0.25, 0.3) is 0 Å². The number of primary sulfonamides is 1. The highest BCUT2D eigenvalue weighted by molar-refractivity contribution is 7.89. The van der Waals surface area contributed by atoms with Crippen LogP contribution in [0.5, 0.6) is 0 Å². The molecular weight excluding hydrogens is 238 g/mol. The van der Waals surface area contributed by atoms with E-state index in [2.05, 4.69) is 4.90 Å². The molecule has 4 N–H and O–H groups in total. The van der Waals surface area contributed by atoms with Gasteiger partial charge in [-0.2, -0.15) is 0 Å². The summed E-state index contributed by atoms with van der Waals surface area (Å²) < 4.78 is 22.1. The lowest BCUT2D eigenvalue weighted by Gasteiger charge is -2.25. The number of likely N-dealkylation sites (tertiary alicyclic amines) is 1. The number of rotatable bonds is 3. The molecule has 0 aromatic rings. The first-order valence-electron chi connectivity index (χ1n) is 4.71. The standard InChI is InChI=1S/C8H19N3O2S.ClH/c1-8(2,9)6-11-4-3-7(5-11)14(10,12)13;/h7H,3-6,9H2,1-2H3,(H2,10,12,13);1H.